The van der Waals surface area contributed by atoms with Gasteiger partial charge in [-0.15, -0.1) is 0 Å². The van der Waals surface area contributed by atoms with Gasteiger partial charge in [0.1, 0.15) is 5.82 Å². The monoisotopic (exact) mass is 363 g/mol. The molecule has 1 aromatic carbocycles. The van der Waals surface area contributed by atoms with Gasteiger partial charge in [-0.2, -0.15) is 0 Å². The lowest BCUT2D eigenvalue weighted by molar-refractivity contribution is -0.139. The highest BCUT2D eigenvalue weighted by Gasteiger charge is 2.28. The Morgan fingerprint density at radius 3 is 2.73 bits per heavy atom. The zero-order chi connectivity index (χ0) is 19.2. The Kier molecular flexibility index (Phi) is 7.59. The Morgan fingerprint density at radius 1 is 1.27 bits per heavy atom. The van der Waals surface area contributed by atoms with Gasteiger partial charge in [-0.3, -0.25) is 15.6 Å². The van der Waals surface area contributed by atoms with Gasteiger partial charge in [-0.05, 0) is 43.4 Å². The van der Waals surface area contributed by atoms with Crippen LogP contribution in [-0.4, -0.2) is 30.4 Å². The summed E-state index contributed by atoms with van der Waals surface area (Å²) >= 11 is 0. The van der Waals surface area contributed by atoms with Crippen LogP contribution < -0.4 is 10.9 Å². The van der Waals surface area contributed by atoms with Crippen LogP contribution in [0.5, 0.6) is 0 Å². The summed E-state index contributed by atoms with van der Waals surface area (Å²) in [6.07, 6.45) is 6.23. The van der Waals surface area contributed by atoms with Gasteiger partial charge in [0.05, 0.1) is 0 Å². The van der Waals surface area contributed by atoms with E-state index >= 15 is 0 Å². The molecule has 2 unspecified atom stereocenters. The van der Waals surface area contributed by atoms with Gasteiger partial charge < -0.3 is 4.90 Å². The Labute approximate surface area is 157 Å². The number of benzene rings is 1. The van der Waals surface area contributed by atoms with E-state index in [4.69, 9.17) is 0 Å². The summed E-state index contributed by atoms with van der Waals surface area (Å²) in [5, 5.41) is 0. The third-order valence-corrected chi connectivity index (χ3v) is 5.59. The molecule has 2 atom stereocenters. The van der Waals surface area contributed by atoms with Crippen molar-refractivity contribution in [1.29, 1.82) is 0 Å². The molecule has 1 amide bonds. The van der Waals surface area contributed by atoms with Crippen LogP contribution in [0.3, 0.4) is 0 Å². The van der Waals surface area contributed by atoms with Crippen molar-refractivity contribution < 1.29 is 9.18 Å². The fourth-order valence-electron chi connectivity index (χ4n) is 3.44. The van der Waals surface area contributed by atoms with Gasteiger partial charge >= 0.3 is 0 Å². The van der Waals surface area contributed by atoms with Crippen LogP contribution in [0.1, 0.15) is 70.9 Å². The Morgan fingerprint density at radius 2 is 2.04 bits per heavy atom. The van der Waals surface area contributed by atoms with Gasteiger partial charge in [0.25, 0.3) is 0 Å². The van der Waals surface area contributed by atoms with Gasteiger partial charge in [0.15, 0.2) is 0 Å². The van der Waals surface area contributed by atoms with Crippen LogP contribution in [0.2, 0.25) is 0 Å². The number of hydrogen-bond donors (Lipinski definition) is 2. The molecule has 2 rings (SSSR count). The maximum Gasteiger partial charge on any atom is 0.227 e. The molecule has 0 aromatic heterocycles. The van der Waals surface area contributed by atoms with Crippen LogP contribution >= 0.6 is 0 Å². The number of hydrogen-bond acceptors (Lipinski definition) is 3. The molecule has 1 heterocycles. The topological polar surface area (TPSA) is 44.4 Å². The zero-order valence-corrected chi connectivity index (χ0v) is 16.6. The molecule has 1 saturated heterocycles. The van der Waals surface area contributed by atoms with Crippen LogP contribution in [0.4, 0.5) is 4.39 Å². The zero-order valence-electron chi connectivity index (χ0n) is 16.6. The lowest BCUT2D eigenvalue weighted by atomic mass is 9.88. The first-order valence-electron chi connectivity index (χ1n) is 9.85. The van der Waals surface area contributed by atoms with Crippen molar-refractivity contribution >= 4 is 5.91 Å². The van der Waals surface area contributed by atoms with Crippen LogP contribution in [-0.2, 0) is 4.79 Å². The predicted molar refractivity (Wildman–Crippen MR) is 104 cm³/mol. The van der Waals surface area contributed by atoms with Crippen molar-refractivity contribution in [1.82, 2.24) is 15.8 Å². The number of hydrazine groups is 1. The summed E-state index contributed by atoms with van der Waals surface area (Å²) in [7, 11) is 1.91. The number of amides is 1. The lowest BCUT2D eigenvalue weighted by Gasteiger charge is -2.28. The number of carbonyl (C=O) groups is 1. The van der Waals surface area contributed by atoms with E-state index in [9.17, 15) is 9.18 Å². The number of nitrogens with one attached hydrogen (secondary N) is 2. The first-order chi connectivity index (χ1) is 12.3. The molecular weight excluding hydrogens is 329 g/mol. The van der Waals surface area contributed by atoms with Gasteiger partial charge in [-0.25, -0.2) is 4.39 Å². The molecule has 0 aliphatic carbocycles. The Bertz CT molecular complexity index is 590. The molecule has 0 saturated carbocycles. The second-order valence-corrected chi connectivity index (χ2v) is 8.14. The number of nitrogens with zero attached hydrogens (tertiary/aromatic N) is 1. The molecule has 1 aliphatic heterocycles. The van der Waals surface area contributed by atoms with Crippen LogP contribution in [0.15, 0.2) is 24.3 Å². The lowest BCUT2D eigenvalue weighted by Crippen LogP contribution is -2.38. The molecule has 1 fully saturated rings. The Hall–Kier alpha value is -1.46. The highest BCUT2D eigenvalue weighted by molar-refractivity contribution is 5.81. The standard InChI is InChI=1S/C21H34FN3O/c1-5-21(2,3)20(26)25(4)13-8-6-7-12-18-15-19(24-23-18)16-10-9-11-17(22)14-16/h9-11,14,18-19,23-24H,5-8,12-13,15H2,1-4H3. The SMILES string of the molecule is CCC(C)(C)C(=O)N(C)CCCCCC1CC(c2cccc(F)c2)NN1. The second-order valence-electron chi connectivity index (χ2n) is 8.14. The molecule has 0 radical (unpaired) electrons. The average molecular weight is 364 g/mol. The quantitative estimate of drug-likeness (QED) is 0.647. The van der Waals surface area contributed by atoms with E-state index in [1.165, 1.54) is 6.07 Å². The molecule has 5 heteroatoms. The normalized spacial score (nSPS) is 20.3. The summed E-state index contributed by atoms with van der Waals surface area (Å²) in [4.78, 5) is 14.2. The van der Waals surface area contributed by atoms with E-state index < -0.39 is 0 Å². The van der Waals surface area contributed by atoms with E-state index in [1.54, 1.807) is 12.1 Å². The van der Waals surface area contributed by atoms with Crippen molar-refractivity contribution in [3.05, 3.63) is 35.6 Å². The molecule has 146 valence electrons. The van der Waals surface area contributed by atoms with E-state index in [0.29, 0.717) is 6.04 Å². The minimum atomic E-state index is -0.264. The molecule has 1 aromatic rings. The average Bonchev–Trinajstić information content (AvgIpc) is 3.09. The molecule has 4 nitrogen and oxygen atoms in total. The number of unbranched alkanes of at least 4 members (excludes halogenated alkanes) is 2. The summed E-state index contributed by atoms with van der Waals surface area (Å²) in [6, 6.07) is 7.41. The van der Waals surface area contributed by atoms with Gasteiger partial charge in [0.2, 0.25) is 5.91 Å². The molecule has 1 aliphatic rings. The minimum absolute atomic E-state index is 0.177. The fourth-order valence-corrected chi connectivity index (χ4v) is 3.44. The summed E-state index contributed by atoms with van der Waals surface area (Å²) in [6.45, 7) is 6.91. The summed E-state index contributed by atoms with van der Waals surface area (Å²) in [5.41, 5.74) is 7.35. The summed E-state index contributed by atoms with van der Waals surface area (Å²) in [5.74, 6) is 0.0530. The fraction of sp³-hybridized carbons (Fsp3) is 0.667. The van der Waals surface area contributed by atoms with Gasteiger partial charge in [-0.1, -0.05) is 45.7 Å². The first-order valence-corrected chi connectivity index (χ1v) is 9.85. The molecule has 2 N–H and O–H groups in total. The Balaban J connectivity index is 1.63. The smallest absolute Gasteiger partial charge is 0.227 e. The minimum Gasteiger partial charge on any atom is -0.345 e. The van der Waals surface area contributed by atoms with E-state index in [-0.39, 0.29) is 23.2 Å². The van der Waals surface area contributed by atoms with Crippen molar-refractivity contribution in [2.45, 2.75) is 71.4 Å². The predicted octanol–water partition coefficient (Wildman–Crippen LogP) is 4.19. The molecular formula is C21H34FN3O. The van der Waals surface area contributed by atoms with Crippen LogP contribution in [0, 0.1) is 11.2 Å². The van der Waals surface area contributed by atoms with Crippen LogP contribution in [0.25, 0.3) is 0 Å². The molecule has 26 heavy (non-hydrogen) atoms. The van der Waals surface area contributed by atoms with E-state index in [1.807, 2.05) is 31.9 Å². The summed E-state index contributed by atoms with van der Waals surface area (Å²) < 4.78 is 13.3. The third-order valence-electron chi connectivity index (χ3n) is 5.59. The highest BCUT2D eigenvalue weighted by atomic mass is 19.1. The molecule has 0 bridgehead atoms. The van der Waals surface area contributed by atoms with Gasteiger partial charge in [0, 0.05) is 31.1 Å². The van der Waals surface area contributed by atoms with Crippen molar-refractivity contribution in [3.8, 4) is 0 Å². The maximum atomic E-state index is 13.3. The van der Waals surface area contributed by atoms with Crippen molar-refractivity contribution in [2.75, 3.05) is 13.6 Å². The first kappa shape index (κ1) is 20.8. The largest absolute Gasteiger partial charge is 0.345 e. The van der Waals surface area contributed by atoms with Crippen molar-refractivity contribution in [3.63, 3.8) is 0 Å². The maximum absolute atomic E-state index is 13.3. The van der Waals surface area contributed by atoms with E-state index in [2.05, 4.69) is 17.8 Å². The second kappa shape index (κ2) is 9.47. The molecule has 0 spiro atoms. The number of rotatable bonds is 9. The highest BCUT2D eigenvalue weighted by Crippen LogP contribution is 2.25. The number of halogens is 1. The third kappa shape index (κ3) is 5.78. The van der Waals surface area contributed by atoms with E-state index in [0.717, 1.165) is 50.6 Å². The number of carbonyl (C=O) groups excluding carboxylic acids is 1. The van der Waals surface area contributed by atoms with Crippen molar-refractivity contribution in [2.24, 2.45) is 5.41 Å².